The number of benzene rings is 3. The van der Waals surface area contributed by atoms with Crippen LogP contribution in [0.4, 0.5) is 23.1 Å². The van der Waals surface area contributed by atoms with E-state index in [0.717, 1.165) is 22.9 Å². The third-order valence-corrected chi connectivity index (χ3v) is 4.10. The standard InChI is InChI=1S/C23H21N5O2/c1-2-29-18-14-12-17(13-15-18)25-22-16-24-28-23(27-22)26-20-10-6-7-11-21(20)30-19-8-4-3-5-9-19/h3-16H,2H2,1H3,(H2,25,26,27,28). The second-order valence-electron chi connectivity index (χ2n) is 6.28. The molecule has 3 aromatic carbocycles. The number of hydrogen-bond acceptors (Lipinski definition) is 7. The molecule has 0 aliphatic rings. The molecule has 0 bridgehead atoms. The van der Waals surface area contributed by atoms with Gasteiger partial charge in [-0.25, -0.2) is 0 Å². The molecule has 0 fully saturated rings. The van der Waals surface area contributed by atoms with Gasteiger partial charge in [-0.05, 0) is 55.5 Å². The van der Waals surface area contributed by atoms with Crippen LogP contribution >= 0.6 is 0 Å². The molecule has 0 saturated heterocycles. The van der Waals surface area contributed by atoms with E-state index in [1.807, 2.05) is 85.8 Å². The highest BCUT2D eigenvalue weighted by Crippen LogP contribution is 2.30. The minimum absolute atomic E-state index is 0.357. The van der Waals surface area contributed by atoms with Crippen LogP contribution in [0.1, 0.15) is 6.92 Å². The van der Waals surface area contributed by atoms with Gasteiger partial charge in [0.05, 0.1) is 18.5 Å². The third-order valence-electron chi connectivity index (χ3n) is 4.10. The van der Waals surface area contributed by atoms with Crippen LogP contribution in [0, 0.1) is 0 Å². The highest BCUT2D eigenvalue weighted by atomic mass is 16.5. The Morgan fingerprint density at radius 3 is 2.37 bits per heavy atom. The van der Waals surface area contributed by atoms with Gasteiger partial charge in [0, 0.05) is 5.69 Å². The van der Waals surface area contributed by atoms with E-state index in [2.05, 4.69) is 25.8 Å². The first kappa shape index (κ1) is 19.2. The van der Waals surface area contributed by atoms with Gasteiger partial charge in [-0.1, -0.05) is 30.3 Å². The number of aromatic nitrogens is 3. The molecule has 2 N–H and O–H groups in total. The van der Waals surface area contributed by atoms with Gasteiger partial charge < -0.3 is 20.1 Å². The summed E-state index contributed by atoms with van der Waals surface area (Å²) in [5.41, 5.74) is 1.61. The van der Waals surface area contributed by atoms with Crippen LogP contribution in [-0.4, -0.2) is 21.8 Å². The van der Waals surface area contributed by atoms with E-state index in [9.17, 15) is 0 Å². The molecule has 7 heteroatoms. The molecule has 150 valence electrons. The molecule has 1 aromatic heterocycles. The van der Waals surface area contributed by atoms with E-state index < -0.39 is 0 Å². The molecule has 0 unspecified atom stereocenters. The molecular formula is C23H21N5O2. The van der Waals surface area contributed by atoms with Gasteiger partial charge in [-0.15, -0.1) is 5.10 Å². The Labute approximate surface area is 174 Å². The first-order valence-electron chi connectivity index (χ1n) is 9.59. The minimum atomic E-state index is 0.357. The number of nitrogens with zero attached hydrogens (tertiary/aromatic N) is 3. The van der Waals surface area contributed by atoms with Crippen molar-refractivity contribution in [2.45, 2.75) is 6.92 Å². The Bertz CT molecular complexity index is 1090. The SMILES string of the molecule is CCOc1ccc(Nc2cnnc(Nc3ccccc3Oc3ccccc3)n2)cc1. The number of ether oxygens (including phenoxy) is 2. The number of para-hydroxylation sites is 3. The lowest BCUT2D eigenvalue weighted by Gasteiger charge is -2.12. The molecule has 0 aliphatic carbocycles. The summed E-state index contributed by atoms with van der Waals surface area (Å²) in [4.78, 5) is 4.49. The first-order chi connectivity index (χ1) is 14.8. The summed E-state index contributed by atoms with van der Waals surface area (Å²) in [5.74, 6) is 3.16. The summed E-state index contributed by atoms with van der Waals surface area (Å²) in [6.07, 6.45) is 1.56. The van der Waals surface area contributed by atoms with Crippen molar-refractivity contribution >= 4 is 23.1 Å². The highest BCUT2D eigenvalue weighted by molar-refractivity contribution is 5.64. The number of nitrogens with one attached hydrogen (secondary N) is 2. The fourth-order valence-corrected chi connectivity index (χ4v) is 2.76. The van der Waals surface area contributed by atoms with Crippen LogP contribution in [0.3, 0.4) is 0 Å². The van der Waals surface area contributed by atoms with Crippen LogP contribution < -0.4 is 20.1 Å². The van der Waals surface area contributed by atoms with Gasteiger partial charge in [-0.2, -0.15) is 10.1 Å². The van der Waals surface area contributed by atoms with Gasteiger partial charge in [-0.3, -0.25) is 0 Å². The van der Waals surface area contributed by atoms with Crippen molar-refractivity contribution in [2.75, 3.05) is 17.2 Å². The highest BCUT2D eigenvalue weighted by Gasteiger charge is 2.08. The zero-order chi connectivity index (χ0) is 20.6. The Kier molecular flexibility index (Phi) is 6.00. The lowest BCUT2D eigenvalue weighted by Crippen LogP contribution is -2.03. The van der Waals surface area contributed by atoms with Crippen molar-refractivity contribution < 1.29 is 9.47 Å². The van der Waals surface area contributed by atoms with Crippen molar-refractivity contribution in [3.05, 3.63) is 85.1 Å². The zero-order valence-electron chi connectivity index (χ0n) is 16.4. The Morgan fingerprint density at radius 1 is 0.800 bits per heavy atom. The number of hydrogen-bond donors (Lipinski definition) is 2. The molecule has 7 nitrogen and oxygen atoms in total. The van der Waals surface area contributed by atoms with Crippen molar-refractivity contribution in [3.63, 3.8) is 0 Å². The van der Waals surface area contributed by atoms with Crippen molar-refractivity contribution in [1.82, 2.24) is 15.2 Å². The molecule has 4 rings (SSSR count). The smallest absolute Gasteiger partial charge is 0.249 e. The fourth-order valence-electron chi connectivity index (χ4n) is 2.76. The predicted octanol–water partition coefficient (Wildman–Crippen LogP) is 5.55. The van der Waals surface area contributed by atoms with Crippen LogP contribution in [-0.2, 0) is 0 Å². The summed E-state index contributed by atoms with van der Waals surface area (Å²) < 4.78 is 11.4. The van der Waals surface area contributed by atoms with Crippen LogP contribution in [0.15, 0.2) is 85.1 Å². The van der Waals surface area contributed by atoms with Gasteiger partial charge >= 0.3 is 0 Å². The van der Waals surface area contributed by atoms with Crippen molar-refractivity contribution in [2.24, 2.45) is 0 Å². The van der Waals surface area contributed by atoms with E-state index in [1.54, 1.807) is 6.20 Å². The normalized spacial score (nSPS) is 10.3. The van der Waals surface area contributed by atoms with E-state index in [4.69, 9.17) is 9.47 Å². The summed E-state index contributed by atoms with van der Waals surface area (Å²) in [6.45, 7) is 2.59. The third kappa shape index (κ3) is 5.02. The molecule has 0 spiro atoms. The molecule has 1 heterocycles. The lowest BCUT2D eigenvalue weighted by molar-refractivity contribution is 0.340. The van der Waals surface area contributed by atoms with Crippen LogP contribution in [0.5, 0.6) is 17.2 Å². The maximum atomic E-state index is 5.97. The number of rotatable bonds is 8. The topological polar surface area (TPSA) is 81.2 Å². The van der Waals surface area contributed by atoms with Crippen molar-refractivity contribution in [1.29, 1.82) is 0 Å². The maximum Gasteiger partial charge on any atom is 0.249 e. The molecular weight excluding hydrogens is 378 g/mol. The maximum absolute atomic E-state index is 5.97. The zero-order valence-corrected chi connectivity index (χ0v) is 16.4. The second-order valence-corrected chi connectivity index (χ2v) is 6.28. The van der Waals surface area contributed by atoms with E-state index in [-0.39, 0.29) is 0 Å². The van der Waals surface area contributed by atoms with Gasteiger partial charge in [0.25, 0.3) is 0 Å². The van der Waals surface area contributed by atoms with Gasteiger partial charge in [0.1, 0.15) is 11.5 Å². The molecule has 0 saturated carbocycles. The average Bonchev–Trinajstić information content (AvgIpc) is 2.78. The molecule has 4 aromatic rings. The quantitative estimate of drug-likeness (QED) is 0.402. The molecule has 30 heavy (non-hydrogen) atoms. The van der Waals surface area contributed by atoms with E-state index >= 15 is 0 Å². The Morgan fingerprint density at radius 2 is 1.57 bits per heavy atom. The summed E-state index contributed by atoms with van der Waals surface area (Å²) in [6, 6.07) is 24.8. The van der Waals surface area contributed by atoms with Crippen LogP contribution in [0.2, 0.25) is 0 Å². The summed E-state index contributed by atoms with van der Waals surface area (Å²) in [5, 5.41) is 14.5. The molecule has 0 amide bonds. The lowest BCUT2D eigenvalue weighted by atomic mass is 10.3. The minimum Gasteiger partial charge on any atom is -0.494 e. The molecule has 0 aliphatic heterocycles. The molecule has 0 radical (unpaired) electrons. The van der Waals surface area contributed by atoms with Crippen molar-refractivity contribution in [3.8, 4) is 17.2 Å². The average molecular weight is 399 g/mol. The van der Waals surface area contributed by atoms with Gasteiger partial charge in [0.2, 0.25) is 5.95 Å². The number of anilines is 4. The monoisotopic (exact) mass is 399 g/mol. The first-order valence-corrected chi connectivity index (χ1v) is 9.59. The second kappa shape index (κ2) is 9.38. The largest absolute Gasteiger partial charge is 0.494 e. The van der Waals surface area contributed by atoms with E-state index in [0.29, 0.717) is 24.1 Å². The fraction of sp³-hybridized carbons (Fsp3) is 0.0870. The Hall–Kier alpha value is -4.13. The van der Waals surface area contributed by atoms with E-state index in [1.165, 1.54) is 0 Å². The van der Waals surface area contributed by atoms with Gasteiger partial charge in [0.15, 0.2) is 11.6 Å². The predicted molar refractivity (Wildman–Crippen MR) is 117 cm³/mol. The molecule has 0 atom stereocenters. The van der Waals surface area contributed by atoms with Crippen LogP contribution in [0.25, 0.3) is 0 Å². The summed E-state index contributed by atoms with van der Waals surface area (Å²) >= 11 is 0. The Balaban J connectivity index is 1.48. The summed E-state index contributed by atoms with van der Waals surface area (Å²) in [7, 11) is 0.